The first-order valence-corrected chi connectivity index (χ1v) is 6.39. The van der Waals surface area contributed by atoms with Crippen LogP contribution in [0.4, 0.5) is 0 Å². The van der Waals surface area contributed by atoms with Gasteiger partial charge in [0.2, 0.25) is 0 Å². The van der Waals surface area contributed by atoms with Gasteiger partial charge in [-0.25, -0.2) is 0 Å². The number of hydrogen-bond donors (Lipinski definition) is 0. The smallest absolute Gasteiger partial charge is 0.0219 e. The lowest BCUT2D eigenvalue weighted by Gasteiger charge is -2.17. The molecule has 0 radical (unpaired) electrons. The lowest BCUT2D eigenvalue weighted by atomic mass is 9.88. The standard InChI is InChI=1S/C13H18.C2H6.2CH4/c1-10(2)12-8-7-11-5-3-4-6-13(11)9-12;1-2;;/h7-10H,3-6H2,1-2H3;1-2H3;2*1H4. The van der Waals surface area contributed by atoms with Crippen molar-refractivity contribution in [3.8, 4) is 0 Å². The first-order valence-electron chi connectivity index (χ1n) is 6.39. The third-order valence-electron chi connectivity index (χ3n) is 3.04. The minimum Gasteiger partial charge on any atom is -0.0776 e. The van der Waals surface area contributed by atoms with E-state index >= 15 is 0 Å². The molecule has 0 atom stereocenters. The topological polar surface area (TPSA) is 0 Å². The second kappa shape index (κ2) is 9.27. The van der Waals surface area contributed by atoms with Crippen molar-refractivity contribution in [2.24, 2.45) is 0 Å². The van der Waals surface area contributed by atoms with Gasteiger partial charge < -0.3 is 0 Å². The van der Waals surface area contributed by atoms with Gasteiger partial charge in [0.15, 0.2) is 0 Å². The fourth-order valence-electron chi connectivity index (χ4n) is 2.11. The maximum atomic E-state index is 2.42. The highest BCUT2D eigenvalue weighted by atomic mass is 14.1. The van der Waals surface area contributed by atoms with E-state index in [-0.39, 0.29) is 14.9 Å². The summed E-state index contributed by atoms with van der Waals surface area (Å²) in [5.74, 6) is 0.673. The Morgan fingerprint density at radius 1 is 0.882 bits per heavy atom. The third-order valence-corrected chi connectivity index (χ3v) is 3.04. The first kappa shape index (κ1) is 18.6. The SMILES string of the molecule is C.C.CC.CC(C)c1ccc2c(c1)CCCC2. The highest BCUT2D eigenvalue weighted by Gasteiger charge is 2.10. The molecule has 0 heteroatoms. The Kier molecular flexibility index (Phi) is 10.1. The molecule has 17 heavy (non-hydrogen) atoms. The lowest BCUT2D eigenvalue weighted by Crippen LogP contribution is -2.03. The van der Waals surface area contributed by atoms with E-state index in [1.54, 1.807) is 11.1 Å². The number of rotatable bonds is 1. The average Bonchev–Trinajstić information content (AvgIpc) is 2.31. The van der Waals surface area contributed by atoms with Gasteiger partial charge in [0.1, 0.15) is 0 Å². The summed E-state index contributed by atoms with van der Waals surface area (Å²) < 4.78 is 0. The maximum Gasteiger partial charge on any atom is -0.0219 e. The minimum atomic E-state index is 0. The molecule has 2 rings (SSSR count). The Balaban J connectivity index is 0. The zero-order valence-electron chi connectivity index (χ0n) is 10.6. The number of hydrogen-bond acceptors (Lipinski definition) is 0. The van der Waals surface area contributed by atoms with Gasteiger partial charge in [-0.2, -0.15) is 0 Å². The van der Waals surface area contributed by atoms with Crippen LogP contribution in [0.15, 0.2) is 18.2 Å². The maximum absolute atomic E-state index is 2.42. The second-order valence-corrected chi connectivity index (χ2v) is 4.39. The summed E-state index contributed by atoms with van der Waals surface area (Å²) in [7, 11) is 0. The molecule has 1 aliphatic carbocycles. The van der Waals surface area contributed by atoms with Crippen LogP contribution in [0.1, 0.15) is 78.0 Å². The van der Waals surface area contributed by atoms with E-state index < -0.39 is 0 Å². The van der Waals surface area contributed by atoms with Crippen LogP contribution in [0, 0.1) is 0 Å². The lowest BCUT2D eigenvalue weighted by molar-refractivity contribution is 0.682. The van der Waals surface area contributed by atoms with Gasteiger partial charge in [-0.1, -0.05) is 60.7 Å². The molecule has 0 saturated carbocycles. The van der Waals surface area contributed by atoms with Crippen molar-refractivity contribution in [2.75, 3.05) is 0 Å². The number of benzene rings is 1. The zero-order chi connectivity index (χ0) is 11.3. The van der Waals surface area contributed by atoms with Crippen LogP contribution in [0.25, 0.3) is 0 Å². The average molecular weight is 236 g/mol. The summed E-state index contributed by atoms with van der Waals surface area (Å²) in [5, 5.41) is 0. The summed E-state index contributed by atoms with van der Waals surface area (Å²) in [6.07, 6.45) is 5.37. The van der Waals surface area contributed by atoms with Crippen molar-refractivity contribution >= 4 is 0 Å². The van der Waals surface area contributed by atoms with Gasteiger partial charge in [-0.15, -0.1) is 0 Å². The van der Waals surface area contributed by atoms with E-state index in [9.17, 15) is 0 Å². The summed E-state index contributed by atoms with van der Waals surface area (Å²) in [6.45, 7) is 8.54. The zero-order valence-corrected chi connectivity index (χ0v) is 10.6. The summed E-state index contributed by atoms with van der Waals surface area (Å²) in [5.41, 5.74) is 4.70. The molecule has 100 valence electrons. The molecule has 0 spiro atoms. The van der Waals surface area contributed by atoms with Gasteiger partial charge in [-0.05, 0) is 48.3 Å². The van der Waals surface area contributed by atoms with Crippen molar-refractivity contribution in [3.05, 3.63) is 34.9 Å². The molecule has 0 nitrogen and oxygen atoms in total. The molecular weight excluding hydrogens is 204 g/mol. The minimum absolute atomic E-state index is 0. The van der Waals surface area contributed by atoms with Crippen molar-refractivity contribution in [2.45, 2.75) is 74.1 Å². The van der Waals surface area contributed by atoms with Crippen molar-refractivity contribution < 1.29 is 0 Å². The van der Waals surface area contributed by atoms with Crippen molar-refractivity contribution in [1.82, 2.24) is 0 Å². The van der Waals surface area contributed by atoms with E-state index in [1.807, 2.05) is 13.8 Å². The van der Waals surface area contributed by atoms with Gasteiger partial charge in [0.05, 0.1) is 0 Å². The van der Waals surface area contributed by atoms with Gasteiger partial charge in [0, 0.05) is 0 Å². The molecule has 0 unspecified atom stereocenters. The molecule has 0 bridgehead atoms. The highest BCUT2D eigenvalue weighted by molar-refractivity contribution is 5.34. The Morgan fingerprint density at radius 3 is 1.94 bits per heavy atom. The fraction of sp³-hybridized carbons (Fsp3) is 0.647. The van der Waals surface area contributed by atoms with Crippen LogP contribution in [0.2, 0.25) is 0 Å². The molecule has 0 fully saturated rings. The fourth-order valence-corrected chi connectivity index (χ4v) is 2.11. The highest BCUT2D eigenvalue weighted by Crippen LogP contribution is 2.25. The largest absolute Gasteiger partial charge is 0.0776 e. The quantitative estimate of drug-likeness (QED) is 0.562. The molecule has 1 aromatic carbocycles. The third kappa shape index (κ3) is 4.93. The normalized spacial score (nSPS) is 12.5. The Morgan fingerprint density at radius 2 is 1.41 bits per heavy atom. The first-order chi connectivity index (χ1) is 7.27. The molecule has 1 aliphatic rings. The van der Waals surface area contributed by atoms with E-state index in [0.717, 1.165) is 0 Å². The van der Waals surface area contributed by atoms with Gasteiger partial charge in [-0.3, -0.25) is 0 Å². The van der Waals surface area contributed by atoms with E-state index in [2.05, 4.69) is 32.0 Å². The van der Waals surface area contributed by atoms with Gasteiger partial charge in [0.25, 0.3) is 0 Å². The van der Waals surface area contributed by atoms with Crippen LogP contribution >= 0.6 is 0 Å². The molecule has 0 N–H and O–H groups in total. The Labute approximate surface area is 109 Å². The number of fused-ring (bicyclic) bond motifs is 1. The summed E-state index contributed by atoms with van der Waals surface area (Å²) in [6, 6.07) is 7.05. The molecular formula is C17H32. The van der Waals surface area contributed by atoms with E-state index in [4.69, 9.17) is 0 Å². The Bertz CT molecular complexity index is 297. The van der Waals surface area contributed by atoms with Crippen LogP contribution in [-0.2, 0) is 12.8 Å². The monoisotopic (exact) mass is 236 g/mol. The molecule has 1 aromatic rings. The summed E-state index contributed by atoms with van der Waals surface area (Å²) in [4.78, 5) is 0. The van der Waals surface area contributed by atoms with Crippen molar-refractivity contribution in [1.29, 1.82) is 0 Å². The second-order valence-electron chi connectivity index (χ2n) is 4.39. The van der Waals surface area contributed by atoms with Crippen molar-refractivity contribution in [3.63, 3.8) is 0 Å². The predicted octanol–water partition coefficient (Wildman–Crippen LogP) is 5.99. The summed E-state index contributed by atoms with van der Waals surface area (Å²) >= 11 is 0. The Hall–Kier alpha value is -0.780. The predicted molar refractivity (Wildman–Crippen MR) is 82.0 cm³/mol. The van der Waals surface area contributed by atoms with E-state index in [0.29, 0.717) is 5.92 Å². The molecule has 0 heterocycles. The van der Waals surface area contributed by atoms with Crippen LogP contribution in [0.3, 0.4) is 0 Å². The molecule has 0 aliphatic heterocycles. The van der Waals surface area contributed by atoms with E-state index in [1.165, 1.54) is 31.2 Å². The molecule has 0 aromatic heterocycles. The van der Waals surface area contributed by atoms with Crippen LogP contribution in [0.5, 0.6) is 0 Å². The molecule has 0 saturated heterocycles. The van der Waals surface area contributed by atoms with Crippen LogP contribution < -0.4 is 0 Å². The van der Waals surface area contributed by atoms with Gasteiger partial charge >= 0.3 is 0 Å². The number of aryl methyl sites for hydroxylation is 2. The van der Waals surface area contributed by atoms with Crippen LogP contribution in [-0.4, -0.2) is 0 Å². The molecule has 0 amide bonds.